The highest BCUT2D eigenvalue weighted by Crippen LogP contribution is 2.44. The van der Waals surface area contributed by atoms with Crippen LogP contribution in [0.15, 0.2) is 36.4 Å². The zero-order valence-corrected chi connectivity index (χ0v) is 19.1. The van der Waals surface area contributed by atoms with E-state index in [1.54, 1.807) is 11.9 Å². The average molecular weight is 439 g/mol. The largest absolute Gasteiger partial charge is 0.397 e. The molecular weight excluding hydrogens is 412 g/mol. The fraction of sp³-hybridized carbons (Fsp3) is 0.304. The monoisotopic (exact) mass is 438 g/mol. The summed E-state index contributed by atoms with van der Waals surface area (Å²) in [7, 11) is 1.73. The molecule has 1 aromatic heterocycles. The molecule has 8 heteroatoms. The van der Waals surface area contributed by atoms with Crippen LogP contribution in [0.5, 0.6) is 0 Å². The Morgan fingerprint density at radius 2 is 1.81 bits per heavy atom. The van der Waals surface area contributed by atoms with Crippen LogP contribution in [0.2, 0.25) is 5.02 Å². The molecule has 1 atom stereocenters. The summed E-state index contributed by atoms with van der Waals surface area (Å²) in [6, 6.07) is 11.0. The van der Waals surface area contributed by atoms with Crippen molar-refractivity contribution in [2.75, 3.05) is 22.7 Å². The van der Waals surface area contributed by atoms with Gasteiger partial charge in [0.15, 0.2) is 0 Å². The first-order valence-electron chi connectivity index (χ1n) is 10.2. The number of nitrogens with two attached hydrogens (primary N) is 2. The number of amides is 1. The van der Waals surface area contributed by atoms with Gasteiger partial charge in [0.25, 0.3) is 5.91 Å². The molecule has 0 saturated carbocycles. The van der Waals surface area contributed by atoms with Crippen LogP contribution in [-0.2, 0) is 0 Å². The van der Waals surface area contributed by atoms with Gasteiger partial charge < -0.3 is 15.3 Å². The lowest BCUT2D eigenvalue weighted by atomic mass is 10.0. The molecular formula is C23H27ClN6O. The SMILES string of the molecule is Cc1cc(N2C(=O)c3c(nc(C)n3C(C)C)C2c2ccc(Cl)cc2)cc(N(C)N)c1N. The predicted octanol–water partition coefficient (Wildman–Crippen LogP) is 4.38. The number of aryl methyl sites for hydroxylation is 2. The molecule has 0 aliphatic carbocycles. The number of rotatable bonds is 4. The minimum atomic E-state index is -0.377. The summed E-state index contributed by atoms with van der Waals surface area (Å²) < 4.78 is 2.00. The van der Waals surface area contributed by atoms with E-state index in [0.717, 1.165) is 28.3 Å². The molecule has 1 unspecified atom stereocenters. The summed E-state index contributed by atoms with van der Waals surface area (Å²) in [5, 5.41) is 2.10. The number of benzene rings is 2. The Hall–Kier alpha value is -3.03. The maximum atomic E-state index is 13.8. The molecule has 31 heavy (non-hydrogen) atoms. The number of hydrogen-bond donors (Lipinski definition) is 2. The third-order valence-corrected chi connectivity index (χ3v) is 6.02. The molecule has 2 heterocycles. The summed E-state index contributed by atoms with van der Waals surface area (Å²) in [6.07, 6.45) is 0. The second kappa shape index (κ2) is 7.59. The van der Waals surface area contributed by atoms with Crippen LogP contribution in [-0.4, -0.2) is 22.5 Å². The van der Waals surface area contributed by atoms with Crippen molar-refractivity contribution in [3.63, 3.8) is 0 Å². The number of carbonyl (C=O) groups is 1. The summed E-state index contributed by atoms with van der Waals surface area (Å²) in [5.74, 6) is 6.74. The van der Waals surface area contributed by atoms with Crippen LogP contribution >= 0.6 is 11.6 Å². The number of hydrogen-bond acceptors (Lipinski definition) is 5. The maximum absolute atomic E-state index is 13.8. The second-order valence-corrected chi connectivity index (χ2v) is 8.73. The Labute approximate surface area is 187 Å². The first kappa shape index (κ1) is 21.2. The van der Waals surface area contributed by atoms with E-state index in [1.165, 1.54) is 5.01 Å². The third-order valence-electron chi connectivity index (χ3n) is 5.76. The molecule has 0 fully saturated rings. The van der Waals surface area contributed by atoms with Crippen molar-refractivity contribution < 1.29 is 4.79 Å². The standard InChI is InChI=1S/C23H27ClN6O/c1-12(2)29-14(4)27-20-21(15-6-8-16(24)9-7-15)30(23(31)22(20)29)17-10-13(3)19(25)18(11-17)28(5)26/h6-12,21H,25-26H2,1-5H3. The predicted molar refractivity (Wildman–Crippen MR) is 126 cm³/mol. The van der Waals surface area contributed by atoms with Crippen molar-refractivity contribution in [2.45, 2.75) is 39.8 Å². The lowest BCUT2D eigenvalue weighted by molar-refractivity contribution is 0.0983. The van der Waals surface area contributed by atoms with Gasteiger partial charge in [-0.05, 0) is 63.1 Å². The van der Waals surface area contributed by atoms with Crippen LogP contribution in [0.4, 0.5) is 17.1 Å². The Kier molecular flexibility index (Phi) is 5.19. The van der Waals surface area contributed by atoms with E-state index in [4.69, 9.17) is 28.2 Å². The molecule has 4 N–H and O–H groups in total. The molecule has 1 aliphatic heterocycles. The summed E-state index contributed by atoms with van der Waals surface area (Å²) in [6.45, 7) is 7.95. The summed E-state index contributed by atoms with van der Waals surface area (Å²) >= 11 is 6.13. The van der Waals surface area contributed by atoms with Gasteiger partial charge >= 0.3 is 0 Å². The van der Waals surface area contributed by atoms with Crippen molar-refractivity contribution >= 4 is 34.6 Å². The molecule has 1 amide bonds. The van der Waals surface area contributed by atoms with Crippen LogP contribution < -0.4 is 21.5 Å². The Bertz CT molecular complexity index is 1170. The second-order valence-electron chi connectivity index (χ2n) is 8.29. The lowest BCUT2D eigenvalue weighted by Gasteiger charge is -2.28. The van der Waals surface area contributed by atoms with E-state index in [-0.39, 0.29) is 18.0 Å². The zero-order valence-electron chi connectivity index (χ0n) is 18.3. The molecule has 0 radical (unpaired) electrons. The molecule has 3 aromatic rings. The van der Waals surface area contributed by atoms with Crippen LogP contribution in [0.25, 0.3) is 0 Å². The molecule has 0 spiro atoms. The van der Waals surface area contributed by atoms with Gasteiger partial charge in [-0.25, -0.2) is 10.8 Å². The number of fused-ring (bicyclic) bond motifs is 1. The number of aromatic nitrogens is 2. The number of nitrogen functional groups attached to an aromatic ring is 1. The lowest BCUT2D eigenvalue weighted by Crippen LogP contribution is -2.32. The van der Waals surface area contributed by atoms with Crippen LogP contribution in [0.1, 0.15) is 59.1 Å². The zero-order chi connectivity index (χ0) is 22.6. The highest BCUT2D eigenvalue weighted by Gasteiger charge is 2.44. The van der Waals surface area contributed by atoms with E-state index < -0.39 is 0 Å². The van der Waals surface area contributed by atoms with Gasteiger partial charge in [-0.15, -0.1) is 0 Å². The minimum Gasteiger partial charge on any atom is -0.397 e. The van der Waals surface area contributed by atoms with Gasteiger partial charge in [0.1, 0.15) is 17.6 Å². The van der Waals surface area contributed by atoms with Crippen molar-refractivity contribution in [3.05, 3.63) is 69.8 Å². The Balaban J connectivity index is 1.97. The average Bonchev–Trinajstić information content (AvgIpc) is 3.17. The molecule has 1 aliphatic rings. The fourth-order valence-electron chi connectivity index (χ4n) is 4.37. The number of nitrogens with zero attached hydrogens (tertiary/aromatic N) is 4. The van der Waals surface area contributed by atoms with Crippen molar-refractivity contribution in [2.24, 2.45) is 5.84 Å². The molecule has 0 bridgehead atoms. The van der Waals surface area contributed by atoms with Crippen LogP contribution in [0.3, 0.4) is 0 Å². The summed E-state index contributed by atoms with van der Waals surface area (Å²) in [4.78, 5) is 20.4. The first-order valence-corrected chi connectivity index (χ1v) is 10.6. The topological polar surface area (TPSA) is 93.4 Å². The Morgan fingerprint density at radius 1 is 1.16 bits per heavy atom. The van der Waals surface area contributed by atoms with E-state index in [1.807, 2.05) is 54.8 Å². The van der Waals surface area contributed by atoms with Gasteiger partial charge in [0.2, 0.25) is 0 Å². The van der Waals surface area contributed by atoms with Gasteiger partial charge in [-0.2, -0.15) is 0 Å². The number of halogens is 1. The van der Waals surface area contributed by atoms with E-state index >= 15 is 0 Å². The van der Waals surface area contributed by atoms with Gasteiger partial charge in [-0.3, -0.25) is 9.69 Å². The first-order chi connectivity index (χ1) is 14.6. The minimum absolute atomic E-state index is 0.0981. The highest BCUT2D eigenvalue weighted by molar-refractivity contribution is 6.30. The molecule has 7 nitrogen and oxygen atoms in total. The highest BCUT2D eigenvalue weighted by atomic mass is 35.5. The normalized spacial score (nSPS) is 15.7. The van der Waals surface area contributed by atoms with Crippen LogP contribution in [0, 0.1) is 13.8 Å². The molecule has 2 aromatic carbocycles. The maximum Gasteiger partial charge on any atom is 0.277 e. The quantitative estimate of drug-likeness (QED) is 0.358. The molecule has 162 valence electrons. The van der Waals surface area contributed by atoms with E-state index in [9.17, 15) is 4.79 Å². The number of hydrazine groups is 1. The number of imidazole rings is 1. The van der Waals surface area contributed by atoms with Gasteiger partial charge in [0.05, 0.1) is 17.1 Å². The van der Waals surface area contributed by atoms with Gasteiger partial charge in [0, 0.05) is 23.8 Å². The van der Waals surface area contributed by atoms with Crippen molar-refractivity contribution in [1.29, 1.82) is 0 Å². The van der Waals surface area contributed by atoms with Gasteiger partial charge in [-0.1, -0.05) is 23.7 Å². The Morgan fingerprint density at radius 3 is 2.39 bits per heavy atom. The van der Waals surface area contributed by atoms with E-state index in [0.29, 0.717) is 22.1 Å². The van der Waals surface area contributed by atoms with Crippen molar-refractivity contribution in [1.82, 2.24) is 9.55 Å². The summed E-state index contributed by atoms with van der Waals surface area (Å²) in [5.41, 5.74) is 11.3. The fourth-order valence-corrected chi connectivity index (χ4v) is 4.49. The number of carbonyl (C=O) groups excluding carboxylic acids is 1. The third kappa shape index (κ3) is 3.34. The number of anilines is 3. The molecule has 0 saturated heterocycles. The molecule has 4 rings (SSSR count). The van der Waals surface area contributed by atoms with Crippen molar-refractivity contribution in [3.8, 4) is 0 Å². The smallest absolute Gasteiger partial charge is 0.277 e. The van der Waals surface area contributed by atoms with E-state index in [2.05, 4.69) is 13.8 Å².